The fourth-order valence-corrected chi connectivity index (χ4v) is 3.66. The van der Waals surface area contributed by atoms with Crippen LogP contribution >= 0.6 is 0 Å². The van der Waals surface area contributed by atoms with Gasteiger partial charge in [-0.1, -0.05) is 6.92 Å². The van der Waals surface area contributed by atoms with Gasteiger partial charge < -0.3 is 15.6 Å². The summed E-state index contributed by atoms with van der Waals surface area (Å²) in [5, 5.41) is 8.05. The minimum atomic E-state index is -0.213. The van der Waals surface area contributed by atoms with Crippen molar-refractivity contribution >= 4 is 16.9 Å². The van der Waals surface area contributed by atoms with Gasteiger partial charge in [-0.25, -0.2) is 4.39 Å². The number of guanidine groups is 1. The Balaban J connectivity index is 1.53. The van der Waals surface area contributed by atoms with Crippen molar-refractivity contribution in [1.29, 1.82) is 0 Å². The first-order chi connectivity index (χ1) is 12.5. The molecule has 3 rings (SSSR count). The summed E-state index contributed by atoms with van der Waals surface area (Å²) in [5.41, 5.74) is 2.03. The van der Waals surface area contributed by atoms with Crippen molar-refractivity contribution < 1.29 is 4.39 Å². The summed E-state index contributed by atoms with van der Waals surface area (Å²) in [7, 11) is 1.81. The Bertz CT molecular complexity index is 767. The molecule has 0 saturated carbocycles. The van der Waals surface area contributed by atoms with Crippen molar-refractivity contribution in [1.82, 2.24) is 20.5 Å². The number of benzene rings is 1. The summed E-state index contributed by atoms with van der Waals surface area (Å²) in [6.45, 7) is 9.73. The van der Waals surface area contributed by atoms with Crippen molar-refractivity contribution in [2.24, 2.45) is 10.9 Å². The van der Waals surface area contributed by atoms with E-state index in [4.69, 9.17) is 0 Å². The molecule has 2 aromatic rings. The van der Waals surface area contributed by atoms with E-state index in [1.165, 1.54) is 17.7 Å². The van der Waals surface area contributed by atoms with Crippen LogP contribution in [-0.4, -0.2) is 54.6 Å². The van der Waals surface area contributed by atoms with Crippen LogP contribution in [0.4, 0.5) is 4.39 Å². The number of aliphatic imine (C=N–C) groups is 1. The van der Waals surface area contributed by atoms with E-state index in [2.05, 4.69) is 46.3 Å². The Morgan fingerprint density at radius 3 is 2.88 bits per heavy atom. The van der Waals surface area contributed by atoms with E-state index in [1.807, 2.05) is 19.3 Å². The second-order valence-electron chi connectivity index (χ2n) is 7.53. The minimum absolute atomic E-state index is 0.213. The third-order valence-electron chi connectivity index (χ3n) is 5.33. The molecule has 0 aliphatic carbocycles. The van der Waals surface area contributed by atoms with E-state index < -0.39 is 0 Å². The normalized spacial score (nSPS) is 21.7. The number of aromatic nitrogens is 1. The maximum atomic E-state index is 13.3. The molecule has 2 heterocycles. The van der Waals surface area contributed by atoms with Crippen molar-refractivity contribution in [3.05, 3.63) is 35.8 Å². The molecule has 0 amide bonds. The van der Waals surface area contributed by atoms with E-state index >= 15 is 0 Å². The highest BCUT2D eigenvalue weighted by Crippen LogP contribution is 2.20. The number of rotatable bonds is 5. The summed E-state index contributed by atoms with van der Waals surface area (Å²) in [6, 6.07) is 5.87. The van der Waals surface area contributed by atoms with Crippen molar-refractivity contribution in [2.75, 3.05) is 26.7 Å². The number of hydrogen-bond donors (Lipinski definition) is 3. The van der Waals surface area contributed by atoms with Gasteiger partial charge in [0, 0.05) is 55.9 Å². The maximum absolute atomic E-state index is 13.3. The molecule has 2 atom stereocenters. The molecule has 3 N–H and O–H groups in total. The van der Waals surface area contributed by atoms with Gasteiger partial charge in [-0.3, -0.25) is 9.89 Å². The number of H-pyrrole nitrogens is 1. The average Bonchev–Trinajstić information content (AvgIpc) is 3.17. The van der Waals surface area contributed by atoms with Gasteiger partial charge >= 0.3 is 0 Å². The highest BCUT2D eigenvalue weighted by atomic mass is 19.1. The summed E-state index contributed by atoms with van der Waals surface area (Å²) in [4.78, 5) is 10.0. The van der Waals surface area contributed by atoms with Crippen LogP contribution in [0.5, 0.6) is 0 Å². The first-order valence-corrected chi connectivity index (χ1v) is 9.44. The van der Waals surface area contributed by atoms with Gasteiger partial charge in [-0.05, 0) is 49.9 Å². The Labute approximate surface area is 155 Å². The molecular weight excluding hydrogens is 329 g/mol. The molecule has 2 unspecified atom stereocenters. The van der Waals surface area contributed by atoms with E-state index in [0.29, 0.717) is 18.0 Å². The van der Waals surface area contributed by atoms with Gasteiger partial charge in [0.15, 0.2) is 5.96 Å². The van der Waals surface area contributed by atoms with E-state index in [9.17, 15) is 4.39 Å². The second kappa shape index (κ2) is 8.08. The molecule has 6 heteroatoms. The van der Waals surface area contributed by atoms with E-state index in [0.717, 1.165) is 42.9 Å². The second-order valence-corrected chi connectivity index (χ2v) is 7.53. The number of aromatic amines is 1. The first kappa shape index (κ1) is 18.7. The summed E-state index contributed by atoms with van der Waals surface area (Å²) < 4.78 is 13.3. The molecule has 1 saturated heterocycles. The average molecular weight is 359 g/mol. The first-order valence-electron chi connectivity index (χ1n) is 9.44. The lowest BCUT2D eigenvalue weighted by Crippen LogP contribution is -2.47. The minimum Gasteiger partial charge on any atom is -0.361 e. The van der Waals surface area contributed by atoms with Gasteiger partial charge in [0.05, 0.1) is 0 Å². The third-order valence-corrected chi connectivity index (χ3v) is 5.33. The molecule has 1 aliphatic heterocycles. The van der Waals surface area contributed by atoms with E-state index in [-0.39, 0.29) is 5.82 Å². The smallest absolute Gasteiger partial charge is 0.191 e. The highest BCUT2D eigenvalue weighted by Gasteiger charge is 2.31. The molecule has 1 aromatic carbocycles. The number of halogens is 1. The lowest BCUT2D eigenvalue weighted by molar-refractivity contribution is 0.265. The van der Waals surface area contributed by atoms with Gasteiger partial charge in [-0.2, -0.15) is 0 Å². The summed E-state index contributed by atoms with van der Waals surface area (Å²) in [5.74, 6) is 1.23. The molecule has 1 aromatic heterocycles. The fourth-order valence-electron chi connectivity index (χ4n) is 3.66. The standard InChI is InChI=1S/C20H30FN5/c1-13(2)26-11-14(3)19(12-26)25-20(22-4)23-8-7-15-10-24-18-9-16(21)5-6-17(15)18/h5-6,9-10,13-14,19,24H,7-8,11-12H2,1-4H3,(H2,22,23,25). The number of likely N-dealkylation sites (tertiary alicyclic amines) is 1. The van der Waals surface area contributed by atoms with Crippen LogP contribution in [0.3, 0.4) is 0 Å². The highest BCUT2D eigenvalue weighted by molar-refractivity contribution is 5.83. The lowest BCUT2D eigenvalue weighted by Gasteiger charge is -2.22. The molecule has 142 valence electrons. The fraction of sp³-hybridized carbons (Fsp3) is 0.550. The molecule has 0 radical (unpaired) electrons. The molecular formula is C20H30FN5. The topological polar surface area (TPSA) is 55.5 Å². The van der Waals surface area contributed by atoms with Gasteiger partial charge in [-0.15, -0.1) is 0 Å². The monoisotopic (exact) mass is 359 g/mol. The third kappa shape index (κ3) is 4.18. The number of nitrogens with one attached hydrogen (secondary N) is 3. The quantitative estimate of drug-likeness (QED) is 0.568. The van der Waals surface area contributed by atoms with Gasteiger partial charge in [0.25, 0.3) is 0 Å². The van der Waals surface area contributed by atoms with Crippen molar-refractivity contribution in [3.63, 3.8) is 0 Å². The zero-order valence-electron chi connectivity index (χ0n) is 16.1. The zero-order chi connectivity index (χ0) is 18.7. The number of fused-ring (bicyclic) bond motifs is 1. The van der Waals surface area contributed by atoms with Crippen LogP contribution in [0.15, 0.2) is 29.4 Å². The predicted octanol–water partition coefficient (Wildman–Crippen LogP) is 2.74. The van der Waals surface area contributed by atoms with E-state index in [1.54, 1.807) is 0 Å². The summed E-state index contributed by atoms with van der Waals surface area (Å²) in [6.07, 6.45) is 2.81. The van der Waals surface area contributed by atoms with Crippen LogP contribution in [0, 0.1) is 11.7 Å². The molecule has 1 fully saturated rings. The number of nitrogens with zero attached hydrogens (tertiary/aromatic N) is 2. The van der Waals surface area contributed by atoms with Crippen LogP contribution in [0.1, 0.15) is 26.3 Å². The number of hydrogen-bond acceptors (Lipinski definition) is 2. The predicted molar refractivity (Wildman–Crippen MR) is 106 cm³/mol. The van der Waals surface area contributed by atoms with Crippen LogP contribution < -0.4 is 10.6 Å². The SMILES string of the molecule is CN=C(NCCc1c[nH]c2cc(F)ccc12)NC1CN(C(C)C)CC1C. The Morgan fingerprint density at radius 2 is 2.19 bits per heavy atom. The molecule has 0 bridgehead atoms. The van der Waals surface area contributed by atoms with Crippen molar-refractivity contribution in [2.45, 2.75) is 39.3 Å². The van der Waals surface area contributed by atoms with Gasteiger partial charge in [0.1, 0.15) is 5.82 Å². The zero-order valence-corrected chi connectivity index (χ0v) is 16.1. The van der Waals surface area contributed by atoms with Crippen LogP contribution in [0.25, 0.3) is 10.9 Å². The maximum Gasteiger partial charge on any atom is 0.191 e. The molecule has 0 spiro atoms. The van der Waals surface area contributed by atoms with Crippen LogP contribution in [0.2, 0.25) is 0 Å². The van der Waals surface area contributed by atoms with Crippen LogP contribution in [-0.2, 0) is 6.42 Å². The lowest BCUT2D eigenvalue weighted by atomic mass is 10.1. The van der Waals surface area contributed by atoms with Gasteiger partial charge in [0.2, 0.25) is 0 Å². The molecule has 1 aliphatic rings. The molecule has 26 heavy (non-hydrogen) atoms. The Morgan fingerprint density at radius 1 is 1.38 bits per heavy atom. The Hall–Kier alpha value is -2.08. The Kier molecular flexibility index (Phi) is 5.81. The summed E-state index contributed by atoms with van der Waals surface area (Å²) >= 11 is 0. The largest absolute Gasteiger partial charge is 0.361 e. The van der Waals surface area contributed by atoms with Crippen molar-refractivity contribution in [3.8, 4) is 0 Å². The molecule has 5 nitrogen and oxygen atoms in total.